The molecule has 2 aromatic carbocycles. The average molecular weight is 382 g/mol. The first-order valence-corrected chi connectivity index (χ1v) is 8.95. The van der Waals surface area contributed by atoms with Gasteiger partial charge in [0.25, 0.3) is 5.91 Å². The van der Waals surface area contributed by atoms with E-state index in [-0.39, 0.29) is 18.4 Å². The molecule has 2 aromatic rings. The minimum Gasteiger partial charge on any atom is -0.487 e. The van der Waals surface area contributed by atoms with Crippen LogP contribution >= 0.6 is 0 Å². The summed E-state index contributed by atoms with van der Waals surface area (Å²) in [6.07, 6.45) is 0.741. The quantitative estimate of drug-likeness (QED) is 0.472. The third-order valence-corrected chi connectivity index (χ3v) is 4.83. The van der Waals surface area contributed by atoms with Crippen LogP contribution in [0.2, 0.25) is 0 Å². The van der Waals surface area contributed by atoms with Crippen LogP contribution in [0.4, 0.5) is 10.1 Å². The smallest absolute Gasteiger partial charge is 0.319 e. The molecule has 1 amide bonds. The van der Waals surface area contributed by atoms with Crippen molar-refractivity contribution in [3.05, 3.63) is 64.5 Å². The van der Waals surface area contributed by atoms with Crippen molar-refractivity contribution < 1.29 is 23.5 Å². The number of anilines is 1. The van der Waals surface area contributed by atoms with E-state index >= 15 is 0 Å². The molecular formula is C21H19FN2O4. The molecule has 0 spiro atoms. The fraction of sp³-hybridized carbons (Fsp3) is 0.238. The number of benzene rings is 2. The third kappa shape index (κ3) is 3.36. The van der Waals surface area contributed by atoms with Gasteiger partial charge in [-0.3, -0.25) is 9.59 Å². The number of methoxy groups -OCH3 is 1. The Morgan fingerprint density at radius 3 is 2.93 bits per heavy atom. The van der Waals surface area contributed by atoms with E-state index in [4.69, 9.17) is 4.74 Å². The normalized spacial score (nSPS) is 17.0. The second-order valence-corrected chi connectivity index (χ2v) is 6.63. The molecule has 2 aliphatic rings. The van der Waals surface area contributed by atoms with Crippen LogP contribution in [0.1, 0.15) is 22.3 Å². The fourth-order valence-electron chi connectivity index (χ4n) is 3.44. The standard InChI is InChI=1S/C21H19FN2O4/c1-27-18(25)10-23-7-6-12-2-4-15-13(8-12)11-28-20(15)19-16-9-14(22)3-5-17(16)24-21(19)26/h2-5,8-9,23H,6-7,10-11H2,1H3,(H,24,26). The molecule has 2 aliphatic heterocycles. The second-order valence-electron chi connectivity index (χ2n) is 6.63. The van der Waals surface area contributed by atoms with Crippen LogP contribution in [-0.2, 0) is 32.1 Å². The first-order valence-electron chi connectivity index (χ1n) is 8.95. The molecule has 0 saturated heterocycles. The molecule has 0 aromatic heterocycles. The van der Waals surface area contributed by atoms with E-state index in [0.29, 0.717) is 35.7 Å². The predicted octanol–water partition coefficient (Wildman–Crippen LogP) is 2.48. The largest absolute Gasteiger partial charge is 0.487 e. The van der Waals surface area contributed by atoms with Crippen molar-refractivity contribution in [2.75, 3.05) is 25.5 Å². The van der Waals surface area contributed by atoms with Gasteiger partial charge in [0.1, 0.15) is 18.2 Å². The highest BCUT2D eigenvalue weighted by Gasteiger charge is 2.32. The van der Waals surface area contributed by atoms with Gasteiger partial charge in [-0.25, -0.2) is 4.39 Å². The van der Waals surface area contributed by atoms with E-state index in [1.807, 2.05) is 18.2 Å². The summed E-state index contributed by atoms with van der Waals surface area (Å²) >= 11 is 0. The van der Waals surface area contributed by atoms with Crippen LogP contribution < -0.4 is 10.6 Å². The Morgan fingerprint density at radius 2 is 2.11 bits per heavy atom. The molecule has 0 bridgehead atoms. The molecule has 0 unspecified atom stereocenters. The molecule has 0 saturated carbocycles. The van der Waals surface area contributed by atoms with Crippen LogP contribution in [0.3, 0.4) is 0 Å². The van der Waals surface area contributed by atoms with Gasteiger partial charge >= 0.3 is 5.97 Å². The number of carbonyl (C=O) groups is 2. The summed E-state index contributed by atoms with van der Waals surface area (Å²) in [6.45, 7) is 1.17. The van der Waals surface area contributed by atoms with Crippen LogP contribution in [0.15, 0.2) is 36.4 Å². The molecule has 2 heterocycles. The Labute approximate surface area is 161 Å². The minimum atomic E-state index is -0.402. The van der Waals surface area contributed by atoms with E-state index in [9.17, 15) is 14.0 Å². The molecule has 28 heavy (non-hydrogen) atoms. The topological polar surface area (TPSA) is 76.7 Å². The van der Waals surface area contributed by atoms with E-state index < -0.39 is 5.82 Å². The molecule has 0 atom stereocenters. The van der Waals surface area contributed by atoms with Crippen molar-refractivity contribution in [2.24, 2.45) is 0 Å². The number of esters is 1. The summed E-state index contributed by atoms with van der Waals surface area (Å²) in [6, 6.07) is 10.1. The van der Waals surface area contributed by atoms with Crippen LogP contribution in [0, 0.1) is 5.82 Å². The minimum absolute atomic E-state index is 0.172. The van der Waals surface area contributed by atoms with E-state index in [0.717, 1.165) is 23.1 Å². The maximum atomic E-state index is 13.7. The lowest BCUT2D eigenvalue weighted by atomic mass is 9.98. The lowest BCUT2D eigenvalue weighted by molar-refractivity contribution is -0.139. The summed E-state index contributed by atoms with van der Waals surface area (Å²) in [5, 5.41) is 5.78. The van der Waals surface area contributed by atoms with E-state index in [1.165, 1.54) is 19.2 Å². The van der Waals surface area contributed by atoms with Gasteiger partial charge in [-0.15, -0.1) is 0 Å². The molecule has 2 N–H and O–H groups in total. The van der Waals surface area contributed by atoms with Crippen molar-refractivity contribution in [2.45, 2.75) is 13.0 Å². The number of rotatable bonds is 5. The SMILES string of the molecule is COC(=O)CNCCc1ccc2c(c1)COC2=C1C(=O)Nc2ccc(F)cc21. The number of ether oxygens (including phenoxy) is 2. The summed E-state index contributed by atoms with van der Waals surface area (Å²) in [7, 11) is 1.36. The van der Waals surface area contributed by atoms with Gasteiger partial charge in [-0.1, -0.05) is 18.2 Å². The number of hydrogen-bond donors (Lipinski definition) is 2. The Kier molecular flexibility index (Phi) is 4.83. The Bertz CT molecular complexity index is 1000. The number of amides is 1. The summed E-state index contributed by atoms with van der Waals surface area (Å²) < 4.78 is 24.1. The van der Waals surface area contributed by atoms with Crippen LogP contribution in [0.25, 0.3) is 11.3 Å². The van der Waals surface area contributed by atoms with Gasteiger partial charge in [-0.05, 0) is 36.7 Å². The predicted molar refractivity (Wildman–Crippen MR) is 102 cm³/mol. The van der Waals surface area contributed by atoms with Gasteiger partial charge in [0.05, 0.1) is 19.2 Å². The summed E-state index contributed by atoms with van der Waals surface area (Å²) in [5.41, 5.74) is 4.37. The van der Waals surface area contributed by atoms with E-state index in [2.05, 4.69) is 15.4 Å². The first-order chi connectivity index (χ1) is 13.6. The Morgan fingerprint density at radius 1 is 1.25 bits per heavy atom. The zero-order valence-electron chi connectivity index (χ0n) is 15.3. The van der Waals surface area contributed by atoms with Gasteiger partial charge in [0, 0.05) is 22.4 Å². The fourth-order valence-corrected chi connectivity index (χ4v) is 3.44. The lowest BCUT2D eigenvalue weighted by Gasteiger charge is -2.07. The molecule has 144 valence electrons. The first kappa shape index (κ1) is 18.2. The average Bonchev–Trinajstić information content (AvgIpc) is 3.24. The summed E-state index contributed by atoms with van der Waals surface area (Å²) in [4.78, 5) is 23.6. The van der Waals surface area contributed by atoms with E-state index in [1.54, 1.807) is 6.07 Å². The maximum absolute atomic E-state index is 13.7. The molecule has 4 rings (SSSR count). The number of carbonyl (C=O) groups excluding carboxylic acids is 2. The molecule has 0 aliphatic carbocycles. The van der Waals surface area contributed by atoms with Crippen molar-refractivity contribution >= 4 is 28.9 Å². The summed E-state index contributed by atoms with van der Waals surface area (Å²) in [5.74, 6) is -0.515. The van der Waals surface area contributed by atoms with Crippen molar-refractivity contribution in [3.8, 4) is 0 Å². The molecule has 7 heteroatoms. The van der Waals surface area contributed by atoms with Crippen molar-refractivity contribution in [3.63, 3.8) is 0 Å². The van der Waals surface area contributed by atoms with Gasteiger partial charge < -0.3 is 20.1 Å². The zero-order chi connectivity index (χ0) is 19.7. The van der Waals surface area contributed by atoms with Gasteiger partial charge in [0.2, 0.25) is 0 Å². The molecule has 6 nitrogen and oxygen atoms in total. The number of fused-ring (bicyclic) bond motifs is 2. The van der Waals surface area contributed by atoms with Gasteiger partial charge in [0.15, 0.2) is 0 Å². The lowest BCUT2D eigenvalue weighted by Crippen LogP contribution is -2.25. The zero-order valence-corrected chi connectivity index (χ0v) is 15.3. The third-order valence-electron chi connectivity index (χ3n) is 4.83. The highest BCUT2D eigenvalue weighted by molar-refractivity contribution is 6.36. The van der Waals surface area contributed by atoms with Crippen molar-refractivity contribution in [1.82, 2.24) is 5.32 Å². The Balaban J connectivity index is 1.56. The van der Waals surface area contributed by atoms with Crippen LogP contribution in [-0.4, -0.2) is 32.1 Å². The molecule has 0 fully saturated rings. The molecule has 0 radical (unpaired) electrons. The van der Waals surface area contributed by atoms with Crippen molar-refractivity contribution in [1.29, 1.82) is 0 Å². The number of hydrogen-bond acceptors (Lipinski definition) is 5. The number of nitrogens with one attached hydrogen (secondary N) is 2. The van der Waals surface area contributed by atoms with Crippen LogP contribution in [0.5, 0.6) is 0 Å². The second kappa shape index (κ2) is 7.44. The molecular weight excluding hydrogens is 363 g/mol. The number of halogens is 1. The highest BCUT2D eigenvalue weighted by atomic mass is 19.1. The maximum Gasteiger partial charge on any atom is 0.319 e. The Hall–Kier alpha value is -3.19. The highest BCUT2D eigenvalue weighted by Crippen LogP contribution is 2.41. The monoisotopic (exact) mass is 382 g/mol. The van der Waals surface area contributed by atoms with Gasteiger partial charge in [-0.2, -0.15) is 0 Å².